The zero-order valence-corrected chi connectivity index (χ0v) is 14.8. The summed E-state index contributed by atoms with van der Waals surface area (Å²) in [4.78, 5) is 29.9. The molecule has 0 radical (unpaired) electrons. The number of aryl methyl sites for hydroxylation is 1. The molecule has 1 heterocycles. The van der Waals surface area contributed by atoms with Crippen molar-refractivity contribution in [2.45, 2.75) is 6.92 Å². The average Bonchev–Trinajstić information content (AvgIpc) is 2.69. The highest BCUT2D eigenvalue weighted by molar-refractivity contribution is 5.90. The van der Waals surface area contributed by atoms with Gasteiger partial charge in [-0.1, -0.05) is 36.4 Å². The van der Waals surface area contributed by atoms with Crippen molar-refractivity contribution in [3.63, 3.8) is 0 Å². The first-order valence-corrected chi connectivity index (χ1v) is 8.22. The Balaban J connectivity index is 1.89. The molecule has 0 spiro atoms. The zero-order valence-electron chi connectivity index (χ0n) is 14.8. The van der Waals surface area contributed by atoms with Gasteiger partial charge in [0.15, 0.2) is 0 Å². The van der Waals surface area contributed by atoms with E-state index in [-0.39, 0.29) is 22.8 Å². The normalized spacial score (nSPS) is 10.6. The van der Waals surface area contributed by atoms with Crippen LogP contribution in [0.1, 0.15) is 27.0 Å². The molecule has 0 amide bonds. The molecule has 0 aliphatic carbocycles. The predicted molar refractivity (Wildman–Crippen MR) is 104 cm³/mol. The van der Waals surface area contributed by atoms with Gasteiger partial charge in [0.25, 0.3) is 5.56 Å². The number of hydrogen-bond acceptors (Lipinski definition) is 6. The number of nitrogens with zero attached hydrogens (tertiary/aromatic N) is 3. The maximum absolute atomic E-state index is 12.2. The van der Waals surface area contributed by atoms with Crippen LogP contribution in [0.25, 0.3) is 11.3 Å². The second-order valence-electron chi connectivity index (χ2n) is 5.86. The van der Waals surface area contributed by atoms with Gasteiger partial charge in [0.2, 0.25) is 5.95 Å². The molecule has 0 fully saturated rings. The fourth-order valence-corrected chi connectivity index (χ4v) is 2.55. The Kier molecular flexibility index (Phi) is 5.28. The number of carboxylic acids is 1. The van der Waals surface area contributed by atoms with Crippen molar-refractivity contribution in [3.8, 4) is 17.3 Å². The Morgan fingerprint density at radius 2 is 2.04 bits per heavy atom. The molecule has 8 heteroatoms. The summed E-state index contributed by atoms with van der Waals surface area (Å²) in [5.74, 6) is -0.920. The lowest BCUT2D eigenvalue weighted by molar-refractivity contribution is 0.0697. The minimum absolute atomic E-state index is 0.0823. The fourth-order valence-electron chi connectivity index (χ4n) is 2.55. The molecule has 2 aromatic carbocycles. The van der Waals surface area contributed by atoms with Gasteiger partial charge in [-0.25, -0.2) is 15.2 Å². The van der Waals surface area contributed by atoms with E-state index in [1.54, 1.807) is 43.3 Å². The predicted octanol–water partition coefficient (Wildman–Crippen LogP) is 2.76. The quantitative estimate of drug-likeness (QED) is 0.465. The first-order chi connectivity index (χ1) is 13.5. The molecule has 3 N–H and O–H groups in total. The lowest BCUT2D eigenvalue weighted by Gasteiger charge is -2.06. The molecule has 1 aromatic heterocycles. The number of aromatic carboxylic acids is 1. The van der Waals surface area contributed by atoms with Crippen molar-refractivity contribution >= 4 is 18.1 Å². The number of hydrazone groups is 1. The summed E-state index contributed by atoms with van der Waals surface area (Å²) in [7, 11) is 0. The largest absolute Gasteiger partial charge is 0.478 e. The Labute approximate surface area is 159 Å². The van der Waals surface area contributed by atoms with Gasteiger partial charge in [-0.3, -0.25) is 9.78 Å². The van der Waals surface area contributed by atoms with Gasteiger partial charge in [0.1, 0.15) is 11.6 Å². The van der Waals surface area contributed by atoms with E-state index >= 15 is 0 Å². The molecule has 0 aliphatic rings. The number of aromatic amines is 1. The maximum atomic E-state index is 12.2. The topological polar surface area (TPSA) is 131 Å². The van der Waals surface area contributed by atoms with Crippen LogP contribution in [0.15, 0.2) is 58.4 Å². The van der Waals surface area contributed by atoms with Gasteiger partial charge in [-0.05, 0) is 30.2 Å². The van der Waals surface area contributed by atoms with Gasteiger partial charge in [0, 0.05) is 5.56 Å². The van der Waals surface area contributed by atoms with E-state index in [0.717, 1.165) is 5.56 Å². The summed E-state index contributed by atoms with van der Waals surface area (Å²) < 4.78 is 0. The van der Waals surface area contributed by atoms with Gasteiger partial charge in [0.05, 0.1) is 17.5 Å². The van der Waals surface area contributed by atoms with Gasteiger partial charge in [-0.2, -0.15) is 10.4 Å². The lowest BCUT2D eigenvalue weighted by Crippen LogP contribution is -2.16. The number of hydrogen-bond donors (Lipinski definition) is 3. The molecule has 0 saturated heterocycles. The minimum atomic E-state index is -1.00. The molecule has 8 nitrogen and oxygen atoms in total. The third-order valence-electron chi connectivity index (χ3n) is 3.97. The van der Waals surface area contributed by atoms with Crippen LogP contribution >= 0.6 is 0 Å². The van der Waals surface area contributed by atoms with Crippen LogP contribution in [-0.4, -0.2) is 27.3 Å². The van der Waals surface area contributed by atoms with Crippen LogP contribution < -0.4 is 11.0 Å². The number of nitriles is 1. The molecule has 0 atom stereocenters. The number of carboxylic acid groups (broad SMARTS) is 1. The van der Waals surface area contributed by atoms with Crippen LogP contribution in [0.5, 0.6) is 0 Å². The lowest BCUT2D eigenvalue weighted by atomic mass is 10.1. The highest BCUT2D eigenvalue weighted by Gasteiger charge is 2.12. The summed E-state index contributed by atoms with van der Waals surface area (Å²) >= 11 is 0. The highest BCUT2D eigenvalue weighted by Crippen LogP contribution is 2.19. The number of aromatic nitrogens is 2. The second kappa shape index (κ2) is 7.97. The molecule has 0 bridgehead atoms. The first kappa shape index (κ1) is 18.5. The Hall–Kier alpha value is -4.25. The number of H-pyrrole nitrogens is 1. The van der Waals surface area contributed by atoms with Crippen LogP contribution in [0, 0.1) is 18.3 Å². The van der Waals surface area contributed by atoms with E-state index in [1.165, 1.54) is 12.3 Å². The number of benzene rings is 2. The van der Waals surface area contributed by atoms with Crippen LogP contribution in [-0.2, 0) is 0 Å². The van der Waals surface area contributed by atoms with Crippen LogP contribution in [0.2, 0.25) is 0 Å². The number of nitrogens with one attached hydrogen (secondary N) is 2. The van der Waals surface area contributed by atoms with Crippen molar-refractivity contribution in [2.75, 3.05) is 5.43 Å². The van der Waals surface area contributed by atoms with Gasteiger partial charge < -0.3 is 5.11 Å². The van der Waals surface area contributed by atoms with Crippen molar-refractivity contribution in [1.82, 2.24) is 9.97 Å². The Morgan fingerprint density at radius 3 is 2.68 bits per heavy atom. The van der Waals surface area contributed by atoms with E-state index in [4.69, 9.17) is 5.11 Å². The molecule has 0 saturated carbocycles. The number of carbonyl (C=O) groups is 1. The summed E-state index contributed by atoms with van der Waals surface area (Å²) in [5, 5.41) is 22.3. The van der Waals surface area contributed by atoms with E-state index in [0.29, 0.717) is 11.1 Å². The van der Waals surface area contributed by atoms with Gasteiger partial charge in [-0.15, -0.1) is 0 Å². The third-order valence-corrected chi connectivity index (χ3v) is 3.97. The van der Waals surface area contributed by atoms with E-state index in [1.807, 2.05) is 12.1 Å². The monoisotopic (exact) mass is 373 g/mol. The minimum Gasteiger partial charge on any atom is -0.478 e. The second-order valence-corrected chi connectivity index (χ2v) is 5.86. The smallest absolute Gasteiger partial charge is 0.335 e. The molecule has 0 unspecified atom stereocenters. The van der Waals surface area contributed by atoms with E-state index < -0.39 is 11.5 Å². The van der Waals surface area contributed by atoms with Crippen molar-refractivity contribution in [2.24, 2.45) is 5.10 Å². The van der Waals surface area contributed by atoms with E-state index in [2.05, 4.69) is 20.5 Å². The fraction of sp³-hybridized carbons (Fsp3) is 0.0500. The first-order valence-electron chi connectivity index (χ1n) is 8.22. The maximum Gasteiger partial charge on any atom is 0.335 e. The summed E-state index contributed by atoms with van der Waals surface area (Å²) in [5.41, 5.74) is 4.50. The number of rotatable bonds is 5. The van der Waals surface area contributed by atoms with Crippen LogP contribution in [0.4, 0.5) is 5.95 Å². The van der Waals surface area contributed by atoms with Crippen molar-refractivity contribution in [1.29, 1.82) is 5.26 Å². The molecular weight excluding hydrogens is 358 g/mol. The molecular formula is C20H15N5O3. The molecule has 28 heavy (non-hydrogen) atoms. The zero-order chi connectivity index (χ0) is 20.1. The molecule has 138 valence electrons. The Bertz CT molecular complexity index is 1160. The molecule has 3 aromatic rings. The summed E-state index contributed by atoms with van der Waals surface area (Å²) in [6.45, 7) is 1.77. The Morgan fingerprint density at radius 1 is 1.29 bits per heavy atom. The SMILES string of the molecule is Cc1cc(C(=O)O)ccc1C=NNc1nc(-c2ccccc2)c(C#N)c(=O)[nH]1. The molecule has 0 aliphatic heterocycles. The average molecular weight is 373 g/mol. The summed E-state index contributed by atoms with van der Waals surface area (Å²) in [6.07, 6.45) is 1.49. The highest BCUT2D eigenvalue weighted by atomic mass is 16.4. The van der Waals surface area contributed by atoms with Crippen LogP contribution in [0.3, 0.4) is 0 Å². The molecule has 3 rings (SSSR count). The van der Waals surface area contributed by atoms with E-state index in [9.17, 15) is 14.9 Å². The van der Waals surface area contributed by atoms with Crippen molar-refractivity contribution in [3.05, 3.63) is 81.1 Å². The number of anilines is 1. The third kappa shape index (κ3) is 3.94. The standard InChI is InChI=1S/C20H15N5O3/c1-12-9-14(19(27)28)7-8-15(12)11-22-25-20-23-17(13-5-3-2-4-6-13)16(10-21)18(26)24-20/h2-9,11H,1H3,(H,27,28)(H2,23,24,25,26). The van der Waals surface area contributed by atoms with Crippen molar-refractivity contribution < 1.29 is 9.90 Å². The van der Waals surface area contributed by atoms with Gasteiger partial charge >= 0.3 is 5.97 Å². The summed E-state index contributed by atoms with van der Waals surface area (Å²) in [6, 6.07) is 15.4.